The lowest BCUT2D eigenvalue weighted by Crippen LogP contribution is -2.34. The Kier molecular flexibility index (Phi) is 6.76. The highest BCUT2D eigenvalue weighted by Gasteiger charge is 2.19. The molecule has 2 N–H and O–H groups in total. The molecule has 5 heteroatoms. The summed E-state index contributed by atoms with van der Waals surface area (Å²) in [5, 5.41) is 7.64. The minimum atomic E-state index is -0.387. The van der Waals surface area contributed by atoms with Crippen LogP contribution in [0.4, 0.5) is 0 Å². The van der Waals surface area contributed by atoms with E-state index in [9.17, 15) is 9.59 Å². The summed E-state index contributed by atoms with van der Waals surface area (Å²) in [5.41, 5.74) is 3.10. The van der Waals surface area contributed by atoms with Crippen LogP contribution in [0.5, 0.6) is 0 Å². The predicted molar refractivity (Wildman–Crippen MR) is 114 cm³/mol. The molecule has 0 fully saturated rings. The van der Waals surface area contributed by atoms with E-state index < -0.39 is 0 Å². The van der Waals surface area contributed by atoms with Crippen molar-refractivity contribution in [3.05, 3.63) is 99.3 Å². The molecule has 0 bridgehead atoms. The summed E-state index contributed by atoms with van der Waals surface area (Å²) in [6.07, 6.45) is 1.67. The Morgan fingerprint density at radius 3 is 1.75 bits per heavy atom. The minimum Gasteiger partial charge on any atom is -0.348 e. The molecule has 2 amide bonds. The number of carbonyl (C=O) groups is 2. The quantitative estimate of drug-likeness (QED) is 0.363. The minimum absolute atomic E-state index is 0.109. The van der Waals surface area contributed by atoms with Crippen molar-refractivity contribution in [2.75, 3.05) is 0 Å². The van der Waals surface area contributed by atoms with Crippen LogP contribution >= 0.6 is 11.3 Å². The summed E-state index contributed by atoms with van der Waals surface area (Å²) in [6.45, 7) is 2.70. The zero-order valence-electron chi connectivity index (χ0n) is 15.6. The smallest absolute Gasteiger partial charge is 0.257 e. The molecule has 0 spiro atoms. The molecule has 3 aromatic rings. The second kappa shape index (κ2) is 9.67. The maximum absolute atomic E-state index is 12.8. The molecule has 2 aromatic carbocycles. The molecule has 0 aliphatic carbocycles. The highest BCUT2D eigenvalue weighted by Crippen LogP contribution is 2.19. The van der Waals surface area contributed by atoms with Crippen LogP contribution in [-0.2, 0) is 22.7 Å². The van der Waals surface area contributed by atoms with Gasteiger partial charge in [0.1, 0.15) is 5.57 Å². The highest BCUT2D eigenvalue weighted by molar-refractivity contribution is 7.11. The van der Waals surface area contributed by atoms with Gasteiger partial charge in [0.2, 0.25) is 0 Å². The fraction of sp³-hybridized carbons (Fsp3) is 0.130. The lowest BCUT2D eigenvalue weighted by Gasteiger charge is -2.10. The van der Waals surface area contributed by atoms with E-state index in [4.69, 9.17) is 0 Å². The average Bonchev–Trinajstić information content (AvgIpc) is 3.14. The Morgan fingerprint density at radius 1 is 0.821 bits per heavy atom. The van der Waals surface area contributed by atoms with Crippen LogP contribution in [0.3, 0.4) is 0 Å². The van der Waals surface area contributed by atoms with Crippen LogP contribution in [0, 0.1) is 6.92 Å². The van der Waals surface area contributed by atoms with Crippen LogP contribution in [0.1, 0.15) is 21.6 Å². The first-order valence-electron chi connectivity index (χ1n) is 9.03. The second-order valence-corrected chi connectivity index (χ2v) is 7.31. The van der Waals surface area contributed by atoms with E-state index in [1.165, 1.54) is 11.3 Å². The maximum Gasteiger partial charge on any atom is 0.257 e. The Bertz CT molecular complexity index is 905. The van der Waals surface area contributed by atoms with Crippen LogP contribution < -0.4 is 10.6 Å². The molecule has 1 heterocycles. The number of benzene rings is 2. The molecule has 28 heavy (non-hydrogen) atoms. The Morgan fingerprint density at radius 2 is 1.32 bits per heavy atom. The van der Waals surface area contributed by atoms with Gasteiger partial charge in [0.25, 0.3) is 11.8 Å². The molecular formula is C23H22N2O2S. The number of aryl methyl sites for hydroxylation is 1. The number of thiophene rings is 1. The van der Waals surface area contributed by atoms with E-state index in [1.807, 2.05) is 79.0 Å². The summed E-state index contributed by atoms with van der Waals surface area (Å²) >= 11 is 1.51. The zero-order valence-corrected chi connectivity index (χ0v) is 16.5. The third-order valence-corrected chi connectivity index (χ3v) is 5.22. The molecule has 0 saturated carbocycles. The summed E-state index contributed by atoms with van der Waals surface area (Å²) in [5.74, 6) is -0.774. The fourth-order valence-electron chi connectivity index (χ4n) is 2.64. The predicted octanol–water partition coefficient (Wildman–Crippen LogP) is 4.07. The summed E-state index contributed by atoms with van der Waals surface area (Å²) < 4.78 is 0. The van der Waals surface area contributed by atoms with Gasteiger partial charge in [-0.25, -0.2) is 0 Å². The van der Waals surface area contributed by atoms with E-state index >= 15 is 0 Å². The molecule has 0 unspecified atom stereocenters. The van der Waals surface area contributed by atoms with Crippen molar-refractivity contribution in [3.8, 4) is 0 Å². The van der Waals surface area contributed by atoms with Gasteiger partial charge in [-0.05, 0) is 41.1 Å². The molecule has 0 aliphatic rings. The second-order valence-electron chi connectivity index (χ2n) is 6.36. The van der Waals surface area contributed by atoms with Gasteiger partial charge in [-0.2, -0.15) is 0 Å². The first kappa shape index (κ1) is 19.6. The van der Waals surface area contributed by atoms with Gasteiger partial charge < -0.3 is 10.6 Å². The Labute approximate surface area is 168 Å². The molecule has 0 atom stereocenters. The molecule has 0 radical (unpaired) electrons. The number of carbonyl (C=O) groups excluding carboxylic acids is 2. The van der Waals surface area contributed by atoms with E-state index in [1.54, 1.807) is 6.08 Å². The SMILES string of the molecule is Cc1ccsc1C=C(C(=O)NCc1ccccc1)C(=O)NCc1ccccc1. The molecule has 4 nitrogen and oxygen atoms in total. The van der Waals surface area contributed by atoms with Crippen molar-refractivity contribution in [2.24, 2.45) is 0 Å². The van der Waals surface area contributed by atoms with Gasteiger partial charge in [-0.3, -0.25) is 9.59 Å². The van der Waals surface area contributed by atoms with Gasteiger partial charge in [0.15, 0.2) is 0 Å². The number of amides is 2. The topological polar surface area (TPSA) is 58.2 Å². The maximum atomic E-state index is 12.8. The largest absolute Gasteiger partial charge is 0.348 e. The molecule has 0 aliphatic heterocycles. The van der Waals surface area contributed by atoms with Crippen LogP contribution in [-0.4, -0.2) is 11.8 Å². The van der Waals surface area contributed by atoms with Gasteiger partial charge in [0.05, 0.1) is 0 Å². The molecule has 0 saturated heterocycles. The van der Waals surface area contributed by atoms with E-state index in [0.29, 0.717) is 13.1 Å². The van der Waals surface area contributed by atoms with Crippen molar-refractivity contribution in [3.63, 3.8) is 0 Å². The molecule has 142 valence electrons. The van der Waals surface area contributed by atoms with Crippen molar-refractivity contribution in [1.82, 2.24) is 10.6 Å². The first-order valence-corrected chi connectivity index (χ1v) is 9.91. The third-order valence-electron chi connectivity index (χ3n) is 4.26. The zero-order chi connectivity index (χ0) is 19.8. The first-order chi connectivity index (χ1) is 13.6. The average molecular weight is 391 g/mol. The lowest BCUT2D eigenvalue weighted by atomic mass is 10.1. The summed E-state index contributed by atoms with van der Waals surface area (Å²) in [7, 11) is 0. The number of hydrogen-bond acceptors (Lipinski definition) is 3. The van der Waals surface area contributed by atoms with Crippen LogP contribution in [0.2, 0.25) is 0 Å². The van der Waals surface area contributed by atoms with Crippen molar-refractivity contribution in [1.29, 1.82) is 0 Å². The van der Waals surface area contributed by atoms with E-state index in [-0.39, 0.29) is 17.4 Å². The Balaban J connectivity index is 1.74. The van der Waals surface area contributed by atoms with Crippen molar-refractivity contribution >= 4 is 29.2 Å². The van der Waals surface area contributed by atoms with Crippen molar-refractivity contribution < 1.29 is 9.59 Å². The highest BCUT2D eigenvalue weighted by atomic mass is 32.1. The van der Waals surface area contributed by atoms with Gasteiger partial charge >= 0.3 is 0 Å². The molecule has 3 rings (SSSR count). The fourth-order valence-corrected chi connectivity index (χ4v) is 3.50. The standard InChI is InChI=1S/C23H22N2O2S/c1-17-12-13-28-21(17)14-20(22(26)24-15-18-8-4-2-5-9-18)23(27)25-16-19-10-6-3-7-11-19/h2-14H,15-16H2,1H3,(H,24,26)(H,25,27). The van der Waals surface area contributed by atoms with E-state index in [0.717, 1.165) is 21.6 Å². The van der Waals surface area contributed by atoms with Gasteiger partial charge in [-0.15, -0.1) is 11.3 Å². The number of nitrogens with one attached hydrogen (secondary N) is 2. The van der Waals surface area contributed by atoms with Crippen molar-refractivity contribution in [2.45, 2.75) is 20.0 Å². The molecular weight excluding hydrogens is 368 g/mol. The van der Waals surface area contributed by atoms with Crippen LogP contribution in [0.25, 0.3) is 6.08 Å². The molecule has 1 aromatic heterocycles. The summed E-state index contributed by atoms with van der Waals surface area (Å²) in [6, 6.07) is 21.2. The third kappa shape index (κ3) is 5.41. The van der Waals surface area contributed by atoms with Gasteiger partial charge in [0, 0.05) is 18.0 Å². The summed E-state index contributed by atoms with van der Waals surface area (Å²) in [4.78, 5) is 26.4. The van der Waals surface area contributed by atoms with Crippen LogP contribution in [0.15, 0.2) is 77.7 Å². The number of hydrogen-bond donors (Lipinski definition) is 2. The van der Waals surface area contributed by atoms with E-state index in [2.05, 4.69) is 10.6 Å². The van der Waals surface area contributed by atoms with Gasteiger partial charge in [-0.1, -0.05) is 60.7 Å². The monoisotopic (exact) mass is 390 g/mol. The lowest BCUT2D eigenvalue weighted by molar-refractivity contribution is -0.123. The number of rotatable bonds is 7. The Hall–Kier alpha value is -3.18. The normalized spacial score (nSPS) is 10.2.